The van der Waals surface area contributed by atoms with Crippen LogP contribution in [0.2, 0.25) is 0 Å². The van der Waals surface area contributed by atoms with Crippen molar-refractivity contribution in [3.05, 3.63) is 19.8 Å². The van der Waals surface area contributed by atoms with Crippen molar-refractivity contribution < 1.29 is 32.7 Å². The van der Waals surface area contributed by atoms with E-state index in [1.807, 2.05) is 13.8 Å². The van der Waals surface area contributed by atoms with E-state index in [0.29, 0.717) is 0 Å². The van der Waals surface area contributed by atoms with E-state index >= 15 is 0 Å². The maximum Gasteiger partial charge on any atom is 3.00 e. The molecule has 0 bridgehead atoms. The summed E-state index contributed by atoms with van der Waals surface area (Å²) < 4.78 is 0. The fraction of sp³-hybridized carbons (Fsp3) is 0.727. The SMILES string of the molecule is CC.C[C-](C)C.[CH2-]CCC[CH2-].[Y+3]. The van der Waals surface area contributed by atoms with Crippen molar-refractivity contribution in [2.45, 2.75) is 53.9 Å². The second-order valence-electron chi connectivity index (χ2n) is 2.56. The first-order valence-corrected chi connectivity index (χ1v) is 4.50. The molecule has 0 unspecified atom stereocenters. The predicted molar refractivity (Wildman–Crippen MR) is 56.2 cm³/mol. The maximum atomic E-state index is 3.64. The fourth-order valence-electron chi connectivity index (χ4n) is 0.177. The summed E-state index contributed by atoms with van der Waals surface area (Å²) in [6.07, 6.45) is 3.23. The van der Waals surface area contributed by atoms with Gasteiger partial charge in [0, 0.05) is 0 Å². The Labute approximate surface area is 106 Å². The van der Waals surface area contributed by atoms with Gasteiger partial charge in [-0.25, -0.2) is 0 Å². The van der Waals surface area contributed by atoms with Crippen LogP contribution in [0.1, 0.15) is 53.9 Å². The molecule has 0 fully saturated rings. The van der Waals surface area contributed by atoms with Gasteiger partial charge in [0.05, 0.1) is 0 Å². The second kappa shape index (κ2) is 29.6. The van der Waals surface area contributed by atoms with Gasteiger partial charge < -0.3 is 19.8 Å². The largest absolute Gasteiger partial charge is 3.00 e. The molecule has 0 saturated heterocycles. The third kappa shape index (κ3) is 118. The molecule has 0 aromatic heterocycles. The van der Waals surface area contributed by atoms with Gasteiger partial charge in [-0.3, -0.25) is 0 Å². The minimum absolute atomic E-state index is 0. The molecule has 0 rings (SSSR count). The van der Waals surface area contributed by atoms with Crippen molar-refractivity contribution in [2.75, 3.05) is 0 Å². The van der Waals surface area contributed by atoms with Crippen LogP contribution < -0.4 is 0 Å². The average molecular weight is 246 g/mol. The van der Waals surface area contributed by atoms with Gasteiger partial charge in [-0.15, -0.1) is 6.42 Å². The van der Waals surface area contributed by atoms with Crippen LogP contribution in [0.25, 0.3) is 0 Å². The molecule has 0 atom stereocenters. The molecule has 0 aliphatic rings. The van der Waals surface area contributed by atoms with Crippen LogP contribution in [0.5, 0.6) is 0 Å². The van der Waals surface area contributed by atoms with Gasteiger partial charge in [-0.05, 0) is 0 Å². The Bertz CT molecular complexity index is 29.2. The van der Waals surface area contributed by atoms with E-state index in [4.69, 9.17) is 0 Å². The van der Waals surface area contributed by atoms with E-state index in [-0.39, 0.29) is 32.7 Å². The molecule has 0 radical (unpaired) electrons. The molecule has 72 valence electrons. The molecule has 0 spiro atoms. The van der Waals surface area contributed by atoms with Crippen molar-refractivity contribution in [1.29, 1.82) is 0 Å². The molecule has 0 saturated carbocycles. The maximum absolute atomic E-state index is 3.64. The monoisotopic (exact) mass is 246 g/mol. The molecule has 0 aliphatic heterocycles. The quantitative estimate of drug-likeness (QED) is 0.630. The van der Waals surface area contributed by atoms with Crippen LogP contribution in [-0.4, -0.2) is 0 Å². The van der Waals surface area contributed by atoms with E-state index in [9.17, 15) is 0 Å². The Kier molecular flexibility index (Phi) is 57.1. The van der Waals surface area contributed by atoms with Gasteiger partial charge in [-0.2, -0.15) is 33.6 Å². The molecule has 1 heteroatoms. The zero-order valence-corrected chi connectivity index (χ0v) is 12.5. The number of unbranched alkanes of at least 4 members (excludes halogenated alkanes) is 2. The van der Waals surface area contributed by atoms with Gasteiger partial charge in [0.25, 0.3) is 0 Å². The number of hydrogen-bond donors (Lipinski definition) is 0. The fourth-order valence-corrected chi connectivity index (χ4v) is 0.177. The van der Waals surface area contributed by atoms with Crippen LogP contribution in [0, 0.1) is 19.8 Å². The first-order chi connectivity index (χ1) is 5.15. The Morgan fingerprint density at radius 1 is 0.917 bits per heavy atom. The second-order valence-corrected chi connectivity index (χ2v) is 2.56. The van der Waals surface area contributed by atoms with Crippen LogP contribution >= 0.6 is 0 Å². The van der Waals surface area contributed by atoms with Gasteiger partial charge in [0.2, 0.25) is 0 Å². The van der Waals surface area contributed by atoms with E-state index in [2.05, 4.69) is 34.6 Å². The standard InChI is InChI=1S/C5H10.C4H9.C2H6.Y/c1-3-5-4-2;1-4(2)3;1-2;/h1-5H2;1-3H3;1-2H3;/q-2;-1;;+3. The molecule has 0 aromatic carbocycles. The smallest absolute Gasteiger partial charge is 0.343 e. The topological polar surface area (TPSA) is 0 Å². The van der Waals surface area contributed by atoms with Gasteiger partial charge >= 0.3 is 32.7 Å². The number of hydrogen-bond acceptors (Lipinski definition) is 0. The van der Waals surface area contributed by atoms with Crippen molar-refractivity contribution in [3.8, 4) is 0 Å². The molecule has 0 aliphatic carbocycles. The average Bonchev–Trinajstić information content (AvgIpc) is 1.93. The zero-order valence-electron chi connectivity index (χ0n) is 9.61. The van der Waals surface area contributed by atoms with Gasteiger partial charge in [0.15, 0.2) is 0 Å². The van der Waals surface area contributed by atoms with E-state index < -0.39 is 0 Å². The minimum Gasteiger partial charge on any atom is -0.343 e. The van der Waals surface area contributed by atoms with E-state index in [1.165, 1.54) is 12.3 Å². The normalized spacial score (nSPS) is 7.00. The Morgan fingerprint density at radius 3 is 1.08 bits per heavy atom. The van der Waals surface area contributed by atoms with Gasteiger partial charge in [-0.1, -0.05) is 13.8 Å². The van der Waals surface area contributed by atoms with Crippen LogP contribution in [-0.2, 0) is 32.7 Å². The minimum atomic E-state index is 0. The third-order valence-electron chi connectivity index (χ3n) is 0.500. The molecule has 12 heavy (non-hydrogen) atoms. The van der Waals surface area contributed by atoms with Crippen molar-refractivity contribution >= 4 is 0 Å². The summed E-state index contributed by atoms with van der Waals surface area (Å²) in [4.78, 5) is 0. The summed E-state index contributed by atoms with van der Waals surface area (Å²) in [6.45, 7) is 17.5. The van der Waals surface area contributed by atoms with Crippen LogP contribution in [0.4, 0.5) is 0 Å². The van der Waals surface area contributed by atoms with Crippen molar-refractivity contribution in [3.63, 3.8) is 0 Å². The predicted octanol–water partition coefficient (Wildman–Crippen LogP) is 4.47. The molecule has 0 amide bonds. The Hall–Kier alpha value is 1.10. The molecular formula is C11H25Y. The summed E-state index contributed by atoms with van der Waals surface area (Å²) in [5.74, 6) is 1.42. The molecular weight excluding hydrogens is 221 g/mol. The molecule has 0 aromatic rings. The summed E-state index contributed by atoms with van der Waals surface area (Å²) in [6, 6.07) is 0. The Balaban J connectivity index is -0.0000000419. The Morgan fingerprint density at radius 2 is 1.08 bits per heavy atom. The number of rotatable bonds is 2. The first kappa shape index (κ1) is 23.2. The summed E-state index contributed by atoms with van der Waals surface area (Å²) in [5, 5.41) is 0. The van der Waals surface area contributed by atoms with E-state index in [0.717, 1.165) is 12.8 Å². The van der Waals surface area contributed by atoms with Crippen molar-refractivity contribution in [1.82, 2.24) is 0 Å². The summed E-state index contributed by atoms with van der Waals surface area (Å²) >= 11 is 0. The molecule has 0 heterocycles. The van der Waals surface area contributed by atoms with E-state index in [1.54, 1.807) is 0 Å². The van der Waals surface area contributed by atoms with Crippen LogP contribution in [0.3, 0.4) is 0 Å². The molecule has 0 nitrogen and oxygen atoms in total. The van der Waals surface area contributed by atoms with Gasteiger partial charge in [0.1, 0.15) is 0 Å². The zero-order chi connectivity index (χ0) is 9.70. The summed E-state index contributed by atoms with van der Waals surface area (Å²) in [5.41, 5.74) is 0. The summed E-state index contributed by atoms with van der Waals surface area (Å²) in [7, 11) is 0. The van der Waals surface area contributed by atoms with Crippen LogP contribution in [0.15, 0.2) is 0 Å². The first-order valence-electron chi connectivity index (χ1n) is 4.50. The molecule has 0 N–H and O–H groups in total. The third-order valence-corrected chi connectivity index (χ3v) is 0.500. The van der Waals surface area contributed by atoms with Crippen molar-refractivity contribution in [2.24, 2.45) is 0 Å².